The number of hydrogen-bond donors (Lipinski definition) is 2. The van der Waals surface area contributed by atoms with Gasteiger partial charge in [-0.05, 0) is 26.7 Å². The van der Waals surface area contributed by atoms with Crippen LogP contribution in [0.4, 0.5) is 17.8 Å². The fourth-order valence-electron chi connectivity index (χ4n) is 1.98. The third-order valence-electron chi connectivity index (χ3n) is 3.27. The molecule has 0 aliphatic carbocycles. The van der Waals surface area contributed by atoms with Crippen LogP contribution >= 0.6 is 0 Å². The van der Waals surface area contributed by atoms with Crippen molar-refractivity contribution in [1.82, 2.24) is 15.0 Å². The molecule has 0 aliphatic rings. The molecule has 0 atom stereocenters. The quantitative estimate of drug-likeness (QED) is 0.611. The van der Waals surface area contributed by atoms with Gasteiger partial charge in [-0.25, -0.2) is 0 Å². The van der Waals surface area contributed by atoms with Crippen molar-refractivity contribution in [1.29, 1.82) is 0 Å². The number of anilines is 3. The molecule has 120 valence electrons. The molecule has 1 rings (SSSR count). The molecule has 6 heteroatoms. The molecule has 0 radical (unpaired) electrons. The molecular weight excluding hydrogens is 264 g/mol. The lowest BCUT2D eigenvalue weighted by atomic mass is 10.2. The van der Waals surface area contributed by atoms with Crippen molar-refractivity contribution in [2.75, 3.05) is 41.7 Å². The highest BCUT2D eigenvalue weighted by molar-refractivity contribution is 5.43. The number of rotatable bonds is 11. The van der Waals surface area contributed by atoms with Crippen molar-refractivity contribution in [2.24, 2.45) is 0 Å². The van der Waals surface area contributed by atoms with Crippen molar-refractivity contribution in [3.05, 3.63) is 0 Å². The van der Waals surface area contributed by atoms with E-state index in [0.717, 1.165) is 45.0 Å². The molecule has 0 amide bonds. The zero-order valence-electron chi connectivity index (χ0n) is 13.9. The highest BCUT2D eigenvalue weighted by Crippen LogP contribution is 2.13. The molecule has 0 aromatic carbocycles. The first kappa shape index (κ1) is 17.5. The third kappa shape index (κ3) is 6.14. The largest absolute Gasteiger partial charge is 0.354 e. The van der Waals surface area contributed by atoms with Crippen LogP contribution in [-0.4, -0.2) is 41.1 Å². The minimum atomic E-state index is 0.659. The average Bonchev–Trinajstić information content (AvgIpc) is 2.51. The topological polar surface area (TPSA) is 66.0 Å². The van der Waals surface area contributed by atoms with Crippen LogP contribution < -0.4 is 15.5 Å². The van der Waals surface area contributed by atoms with E-state index < -0.39 is 0 Å². The van der Waals surface area contributed by atoms with Gasteiger partial charge in [-0.1, -0.05) is 26.7 Å². The zero-order valence-corrected chi connectivity index (χ0v) is 13.9. The van der Waals surface area contributed by atoms with Crippen LogP contribution in [0.15, 0.2) is 0 Å². The second-order valence-corrected chi connectivity index (χ2v) is 5.02. The molecule has 0 saturated carbocycles. The van der Waals surface area contributed by atoms with Gasteiger partial charge in [0.15, 0.2) is 0 Å². The Bertz CT molecular complexity index is 392. The number of aromatic nitrogens is 3. The Morgan fingerprint density at radius 1 is 0.762 bits per heavy atom. The van der Waals surface area contributed by atoms with Crippen LogP contribution in [0.25, 0.3) is 0 Å². The van der Waals surface area contributed by atoms with Gasteiger partial charge in [-0.15, -0.1) is 0 Å². The third-order valence-corrected chi connectivity index (χ3v) is 3.27. The van der Waals surface area contributed by atoms with E-state index >= 15 is 0 Å². The monoisotopic (exact) mass is 294 g/mol. The molecular formula is C15H30N6. The van der Waals surface area contributed by atoms with Gasteiger partial charge in [0.25, 0.3) is 0 Å². The molecule has 6 nitrogen and oxygen atoms in total. The Labute approximate surface area is 128 Å². The molecule has 0 bridgehead atoms. The molecule has 0 fully saturated rings. The summed E-state index contributed by atoms with van der Waals surface area (Å²) in [6.45, 7) is 12.1. The Morgan fingerprint density at radius 2 is 1.38 bits per heavy atom. The first-order valence-corrected chi connectivity index (χ1v) is 8.23. The van der Waals surface area contributed by atoms with Gasteiger partial charge in [0, 0.05) is 26.2 Å². The molecule has 0 unspecified atom stereocenters. The van der Waals surface area contributed by atoms with Gasteiger partial charge in [0.05, 0.1) is 0 Å². The Morgan fingerprint density at radius 3 is 1.90 bits per heavy atom. The van der Waals surface area contributed by atoms with Crippen molar-refractivity contribution in [2.45, 2.75) is 53.4 Å². The summed E-state index contributed by atoms with van der Waals surface area (Å²) < 4.78 is 0. The van der Waals surface area contributed by atoms with Crippen molar-refractivity contribution in [3.8, 4) is 0 Å². The minimum Gasteiger partial charge on any atom is -0.354 e. The maximum atomic E-state index is 4.53. The Hall–Kier alpha value is -1.59. The first-order valence-electron chi connectivity index (χ1n) is 8.23. The predicted octanol–water partition coefficient (Wildman–Crippen LogP) is 3.14. The number of hydrogen-bond acceptors (Lipinski definition) is 6. The van der Waals surface area contributed by atoms with Gasteiger partial charge < -0.3 is 15.5 Å². The smallest absolute Gasteiger partial charge is 0.231 e. The molecule has 2 N–H and O–H groups in total. The number of unbranched alkanes of at least 4 members (excludes halogenated alkanes) is 2. The second-order valence-electron chi connectivity index (χ2n) is 5.02. The van der Waals surface area contributed by atoms with Crippen LogP contribution in [-0.2, 0) is 0 Å². The number of nitrogens with one attached hydrogen (secondary N) is 2. The normalized spacial score (nSPS) is 10.5. The van der Waals surface area contributed by atoms with Crippen LogP contribution in [0.5, 0.6) is 0 Å². The van der Waals surface area contributed by atoms with Crippen LogP contribution in [0.3, 0.4) is 0 Å². The highest BCUT2D eigenvalue weighted by atomic mass is 15.3. The SMILES string of the molecule is CCCCCNc1nc(NCCC)nc(N(CC)CC)n1. The molecule has 0 saturated heterocycles. The van der Waals surface area contributed by atoms with E-state index in [9.17, 15) is 0 Å². The van der Waals surface area contributed by atoms with Crippen molar-refractivity contribution < 1.29 is 0 Å². The summed E-state index contributed by atoms with van der Waals surface area (Å²) in [4.78, 5) is 15.6. The first-order chi connectivity index (χ1) is 10.2. The van der Waals surface area contributed by atoms with E-state index in [1.807, 2.05) is 0 Å². The van der Waals surface area contributed by atoms with Crippen LogP contribution in [0, 0.1) is 0 Å². The maximum absolute atomic E-state index is 4.53. The summed E-state index contributed by atoms with van der Waals surface area (Å²) in [5, 5.41) is 6.56. The molecule has 0 spiro atoms. The van der Waals surface area contributed by atoms with E-state index in [2.05, 4.69) is 58.2 Å². The second kappa shape index (κ2) is 10.2. The summed E-state index contributed by atoms with van der Waals surface area (Å²) in [5.74, 6) is 2.07. The van der Waals surface area contributed by atoms with Crippen molar-refractivity contribution >= 4 is 17.8 Å². The zero-order chi connectivity index (χ0) is 15.5. The summed E-state index contributed by atoms with van der Waals surface area (Å²) in [6.07, 6.45) is 4.63. The standard InChI is InChI=1S/C15H30N6/c1-5-9-10-12-17-14-18-13(16-11-6-2)19-15(20-14)21(7-3)8-4/h5-12H2,1-4H3,(H2,16,17,18,19,20). The molecule has 1 aromatic rings. The molecule has 1 aromatic heterocycles. The van der Waals surface area contributed by atoms with Crippen LogP contribution in [0.1, 0.15) is 53.4 Å². The summed E-state index contributed by atoms with van der Waals surface area (Å²) in [6, 6.07) is 0. The average molecular weight is 294 g/mol. The fourth-order valence-corrected chi connectivity index (χ4v) is 1.98. The lowest BCUT2D eigenvalue weighted by Gasteiger charge is -2.19. The Balaban J connectivity index is 2.81. The Kier molecular flexibility index (Phi) is 8.47. The molecule has 21 heavy (non-hydrogen) atoms. The van der Waals surface area contributed by atoms with E-state index in [1.165, 1.54) is 12.8 Å². The minimum absolute atomic E-state index is 0.659. The van der Waals surface area contributed by atoms with Crippen molar-refractivity contribution in [3.63, 3.8) is 0 Å². The van der Waals surface area contributed by atoms with Gasteiger partial charge in [-0.2, -0.15) is 15.0 Å². The van der Waals surface area contributed by atoms with E-state index in [-0.39, 0.29) is 0 Å². The van der Waals surface area contributed by atoms with E-state index in [0.29, 0.717) is 11.9 Å². The molecule has 1 heterocycles. The van der Waals surface area contributed by atoms with E-state index in [1.54, 1.807) is 0 Å². The lowest BCUT2D eigenvalue weighted by Crippen LogP contribution is -2.25. The van der Waals surface area contributed by atoms with Gasteiger partial charge in [-0.3, -0.25) is 0 Å². The van der Waals surface area contributed by atoms with Gasteiger partial charge in [0.1, 0.15) is 0 Å². The van der Waals surface area contributed by atoms with Gasteiger partial charge >= 0.3 is 0 Å². The van der Waals surface area contributed by atoms with Gasteiger partial charge in [0.2, 0.25) is 17.8 Å². The van der Waals surface area contributed by atoms with E-state index in [4.69, 9.17) is 0 Å². The lowest BCUT2D eigenvalue weighted by molar-refractivity contribution is 0.738. The van der Waals surface area contributed by atoms with Crippen LogP contribution in [0.2, 0.25) is 0 Å². The summed E-state index contributed by atoms with van der Waals surface area (Å²) in [7, 11) is 0. The summed E-state index contributed by atoms with van der Waals surface area (Å²) in [5.41, 5.74) is 0. The highest BCUT2D eigenvalue weighted by Gasteiger charge is 2.10. The predicted molar refractivity (Wildman–Crippen MR) is 90.2 cm³/mol. The maximum Gasteiger partial charge on any atom is 0.231 e. The molecule has 0 aliphatic heterocycles. The summed E-state index contributed by atoms with van der Waals surface area (Å²) >= 11 is 0. The fraction of sp³-hybridized carbons (Fsp3) is 0.800. The number of nitrogens with zero attached hydrogens (tertiary/aromatic N) is 4.